The first-order valence-corrected chi connectivity index (χ1v) is 10.3. The molecule has 1 amide bonds. The number of pyridine rings is 1. The minimum Gasteiger partial charge on any atom is -0.506 e. The molecule has 1 aliphatic heterocycles. The largest absolute Gasteiger partial charge is 0.506 e. The smallest absolute Gasteiger partial charge is 0.338 e. The fraction of sp³-hybridized carbons (Fsp3) is 0.250. The third kappa shape index (κ3) is 4.86. The molecule has 30 heavy (non-hydrogen) atoms. The van der Waals surface area contributed by atoms with Gasteiger partial charge in [-0.1, -0.05) is 13.8 Å². The van der Waals surface area contributed by atoms with Gasteiger partial charge < -0.3 is 15.5 Å². The molecule has 0 spiro atoms. The molecule has 0 saturated carbocycles. The first-order valence-electron chi connectivity index (χ1n) is 8.69. The van der Waals surface area contributed by atoms with Crippen molar-refractivity contribution in [2.45, 2.75) is 26.3 Å². The number of amidine groups is 1. The molecule has 1 aromatic heterocycles. The summed E-state index contributed by atoms with van der Waals surface area (Å²) in [6.07, 6.45) is 1.47. The molecule has 2 heterocycles. The Hall–Kier alpha value is -2.77. The molecule has 8 nitrogen and oxygen atoms in total. The van der Waals surface area contributed by atoms with Gasteiger partial charge in [0.25, 0.3) is 5.91 Å². The van der Waals surface area contributed by atoms with Gasteiger partial charge in [-0.15, -0.1) is 0 Å². The number of phenolic OH excluding ortho intramolecular Hbond substituents is 1. The molecular formula is C20H18Br2N4O4. The number of carbonyl (C=O) groups is 2. The number of aliphatic imine (C=N–C) groups is 1. The highest BCUT2D eigenvalue weighted by Gasteiger charge is 2.42. The number of nitriles is 1. The molecule has 1 atom stereocenters. The number of aromatic hydroxyl groups is 1. The summed E-state index contributed by atoms with van der Waals surface area (Å²) in [6.45, 7) is 5.51. The van der Waals surface area contributed by atoms with Crippen molar-refractivity contribution in [1.29, 1.82) is 5.26 Å². The second-order valence-corrected chi connectivity index (χ2v) is 8.53. The van der Waals surface area contributed by atoms with Crippen molar-refractivity contribution in [1.82, 2.24) is 10.3 Å². The Morgan fingerprint density at radius 2 is 1.90 bits per heavy atom. The molecule has 1 unspecified atom stereocenters. The lowest BCUT2D eigenvalue weighted by Crippen LogP contribution is -2.41. The number of phenols is 1. The molecule has 2 aromatic rings. The van der Waals surface area contributed by atoms with Crippen molar-refractivity contribution in [2.24, 2.45) is 10.9 Å². The number of aromatic carboxylic acids is 1. The highest BCUT2D eigenvalue weighted by atomic mass is 79.9. The van der Waals surface area contributed by atoms with E-state index in [1.165, 1.54) is 18.3 Å². The maximum Gasteiger partial charge on any atom is 0.338 e. The van der Waals surface area contributed by atoms with Crippen LogP contribution in [0.5, 0.6) is 5.75 Å². The maximum absolute atomic E-state index is 12.0. The molecule has 1 aliphatic rings. The molecular weight excluding hydrogens is 520 g/mol. The third-order valence-corrected chi connectivity index (χ3v) is 5.78. The van der Waals surface area contributed by atoms with Gasteiger partial charge >= 0.3 is 5.97 Å². The first-order chi connectivity index (χ1) is 14.0. The van der Waals surface area contributed by atoms with Crippen molar-refractivity contribution in [3.05, 3.63) is 56.2 Å². The van der Waals surface area contributed by atoms with Gasteiger partial charge in [-0.25, -0.2) is 9.79 Å². The van der Waals surface area contributed by atoms with Gasteiger partial charge in [-0.05, 0) is 69.0 Å². The quantitative estimate of drug-likeness (QED) is 0.544. The van der Waals surface area contributed by atoms with Crippen molar-refractivity contribution in [3.63, 3.8) is 0 Å². The van der Waals surface area contributed by atoms with Crippen LogP contribution in [0.25, 0.3) is 0 Å². The number of amides is 1. The van der Waals surface area contributed by atoms with Crippen LogP contribution < -0.4 is 5.32 Å². The molecule has 0 fully saturated rings. The Kier molecular flexibility index (Phi) is 7.34. The molecule has 10 heteroatoms. The van der Waals surface area contributed by atoms with Crippen LogP contribution in [-0.4, -0.2) is 38.4 Å². The van der Waals surface area contributed by atoms with Crippen molar-refractivity contribution in [3.8, 4) is 11.8 Å². The number of hydrogen-bond acceptors (Lipinski definition) is 6. The highest BCUT2D eigenvalue weighted by Crippen LogP contribution is 2.33. The van der Waals surface area contributed by atoms with Crippen LogP contribution in [0.1, 0.15) is 42.4 Å². The van der Waals surface area contributed by atoms with Gasteiger partial charge in [0, 0.05) is 6.20 Å². The number of rotatable bonds is 3. The summed E-state index contributed by atoms with van der Waals surface area (Å²) in [5.41, 5.74) is -0.174. The summed E-state index contributed by atoms with van der Waals surface area (Å²) < 4.78 is 1.03. The van der Waals surface area contributed by atoms with Gasteiger partial charge in [-0.2, -0.15) is 5.26 Å². The highest BCUT2D eigenvalue weighted by molar-refractivity contribution is 9.11. The number of nitrogens with one attached hydrogen (secondary N) is 1. The van der Waals surface area contributed by atoms with E-state index < -0.39 is 11.5 Å². The summed E-state index contributed by atoms with van der Waals surface area (Å²) in [4.78, 5) is 31.5. The second-order valence-electron chi connectivity index (χ2n) is 6.82. The number of halogens is 2. The van der Waals surface area contributed by atoms with E-state index in [2.05, 4.69) is 47.2 Å². The predicted octanol–water partition coefficient (Wildman–Crippen LogP) is 3.86. The van der Waals surface area contributed by atoms with E-state index >= 15 is 0 Å². The third-order valence-electron chi connectivity index (χ3n) is 4.57. The fourth-order valence-electron chi connectivity index (χ4n) is 2.45. The Bertz CT molecular complexity index is 1060. The minimum absolute atomic E-state index is 0.00184. The Morgan fingerprint density at radius 1 is 1.30 bits per heavy atom. The first kappa shape index (κ1) is 23.5. The number of hydrogen-bond donors (Lipinski definition) is 3. The SMILES string of the molecule is CC(C)C1(C)N=C(c2ncccc2C(=O)O)NC1=O.N#Cc1cc(Br)c(O)c(Br)c1. The van der Waals surface area contributed by atoms with Gasteiger partial charge in [0.15, 0.2) is 5.84 Å². The molecule has 156 valence electrons. The molecule has 0 saturated heterocycles. The van der Waals surface area contributed by atoms with Crippen LogP contribution in [-0.2, 0) is 4.79 Å². The summed E-state index contributed by atoms with van der Waals surface area (Å²) in [7, 11) is 0. The van der Waals surface area contributed by atoms with Crippen LogP contribution in [0.4, 0.5) is 0 Å². The Labute approximate surface area is 189 Å². The zero-order valence-corrected chi connectivity index (χ0v) is 19.4. The molecule has 3 rings (SSSR count). The number of benzene rings is 1. The predicted molar refractivity (Wildman–Crippen MR) is 117 cm³/mol. The van der Waals surface area contributed by atoms with E-state index in [1.54, 1.807) is 19.1 Å². The average molecular weight is 538 g/mol. The van der Waals surface area contributed by atoms with Crippen LogP contribution in [0.15, 0.2) is 44.4 Å². The van der Waals surface area contributed by atoms with E-state index in [1.807, 2.05) is 19.9 Å². The van der Waals surface area contributed by atoms with Gasteiger partial charge in [0.05, 0.1) is 26.1 Å². The number of carbonyl (C=O) groups excluding carboxylic acids is 1. The van der Waals surface area contributed by atoms with Crippen molar-refractivity contribution >= 4 is 49.6 Å². The molecule has 0 bridgehead atoms. The summed E-state index contributed by atoms with van der Waals surface area (Å²) >= 11 is 6.21. The lowest BCUT2D eigenvalue weighted by Gasteiger charge is -2.21. The molecule has 0 aliphatic carbocycles. The molecule has 1 aromatic carbocycles. The van der Waals surface area contributed by atoms with Crippen LogP contribution in [0.2, 0.25) is 0 Å². The summed E-state index contributed by atoms with van der Waals surface area (Å²) in [5, 5.41) is 29.5. The number of nitrogens with zero attached hydrogens (tertiary/aromatic N) is 3. The lowest BCUT2D eigenvalue weighted by molar-refractivity contribution is -0.124. The monoisotopic (exact) mass is 536 g/mol. The van der Waals surface area contributed by atoms with Gasteiger partial charge in [0.2, 0.25) is 0 Å². The molecule has 0 radical (unpaired) electrons. The topological polar surface area (TPSA) is 136 Å². The number of carboxylic acid groups (broad SMARTS) is 1. The van der Waals surface area contributed by atoms with Gasteiger partial charge in [0.1, 0.15) is 17.0 Å². The Balaban J connectivity index is 0.000000248. The number of aromatic nitrogens is 1. The van der Waals surface area contributed by atoms with Crippen LogP contribution in [0, 0.1) is 17.2 Å². The average Bonchev–Trinajstić information content (AvgIpc) is 3.02. The van der Waals surface area contributed by atoms with Crippen molar-refractivity contribution in [2.75, 3.05) is 0 Å². The van der Waals surface area contributed by atoms with E-state index in [4.69, 9.17) is 10.4 Å². The van der Waals surface area contributed by atoms with E-state index in [0.29, 0.717) is 14.5 Å². The minimum atomic E-state index is -1.10. The van der Waals surface area contributed by atoms with E-state index in [-0.39, 0.29) is 34.7 Å². The van der Waals surface area contributed by atoms with Crippen LogP contribution in [0.3, 0.4) is 0 Å². The summed E-state index contributed by atoms with van der Waals surface area (Å²) in [5.74, 6) is -0.997. The fourth-order valence-corrected chi connectivity index (χ4v) is 3.63. The Morgan fingerprint density at radius 3 is 2.37 bits per heavy atom. The standard InChI is InChI=1S/C13H15N3O3.C7H3Br2NO/c1-7(2)13(3)12(19)15-10(16-13)9-8(11(17)18)5-4-6-14-9;8-5-1-4(3-10)2-6(9)7(5)11/h4-7H,1-3H3,(H,17,18)(H,15,16,19);1-2,11H. The maximum atomic E-state index is 12.0. The van der Waals surface area contributed by atoms with E-state index in [0.717, 1.165) is 0 Å². The van der Waals surface area contributed by atoms with Gasteiger partial charge in [-0.3, -0.25) is 9.78 Å². The van der Waals surface area contributed by atoms with Crippen LogP contribution >= 0.6 is 31.9 Å². The normalized spacial score (nSPS) is 17.5. The second kappa shape index (κ2) is 9.36. The molecule has 3 N–H and O–H groups in total. The zero-order chi connectivity index (χ0) is 22.6. The number of carboxylic acids is 1. The summed E-state index contributed by atoms with van der Waals surface area (Å²) in [6, 6.07) is 8.04. The lowest BCUT2D eigenvalue weighted by atomic mass is 9.89. The van der Waals surface area contributed by atoms with E-state index in [9.17, 15) is 14.7 Å². The zero-order valence-electron chi connectivity index (χ0n) is 16.3. The van der Waals surface area contributed by atoms with Crippen molar-refractivity contribution < 1.29 is 19.8 Å².